The Balaban J connectivity index is 2.25. The third kappa shape index (κ3) is 3.81. The molecule has 0 fully saturated rings. The molecule has 8 heteroatoms. The van der Waals surface area contributed by atoms with Crippen molar-refractivity contribution in [1.82, 2.24) is 0 Å². The van der Waals surface area contributed by atoms with Gasteiger partial charge < -0.3 is 5.73 Å². The lowest BCUT2D eigenvalue weighted by Gasteiger charge is -2.07. The van der Waals surface area contributed by atoms with Gasteiger partial charge in [-0.05, 0) is 29.8 Å². The Bertz CT molecular complexity index is 739. The molecule has 5 nitrogen and oxygen atoms in total. The number of non-ortho nitro benzene ring substituents is 1. The topological polar surface area (TPSA) is 86.2 Å². The SMILES string of the molecule is Nc1cc(Br)ccc1S(=O)Cc1ccc([N+](=O)[O-])cc1Cl. The van der Waals surface area contributed by atoms with E-state index in [0.29, 0.717) is 16.1 Å². The molecule has 2 N–H and O–H groups in total. The Labute approximate surface area is 136 Å². The molecular formula is C13H10BrClN2O3S. The van der Waals surface area contributed by atoms with Gasteiger partial charge in [0.25, 0.3) is 5.69 Å². The Hall–Kier alpha value is -1.44. The summed E-state index contributed by atoms with van der Waals surface area (Å²) in [5.74, 6) is 0.142. The van der Waals surface area contributed by atoms with Crippen molar-refractivity contribution in [2.75, 3.05) is 5.73 Å². The van der Waals surface area contributed by atoms with Gasteiger partial charge in [-0.15, -0.1) is 0 Å². The number of nitro benzene ring substituents is 1. The Morgan fingerprint density at radius 1 is 1.29 bits per heavy atom. The highest BCUT2D eigenvalue weighted by Crippen LogP contribution is 2.27. The standard InChI is InChI=1S/C13H10BrClN2O3S/c14-9-2-4-13(12(16)5-9)21(20)7-8-1-3-10(17(18)19)6-11(8)15/h1-6H,7,16H2. The summed E-state index contributed by atoms with van der Waals surface area (Å²) in [7, 11) is -1.38. The van der Waals surface area contributed by atoms with Crippen LogP contribution in [0.25, 0.3) is 0 Å². The van der Waals surface area contributed by atoms with Gasteiger partial charge in [-0.25, -0.2) is 0 Å². The third-order valence-corrected chi connectivity index (χ3v) is 5.03. The van der Waals surface area contributed by atoms with E-state index in [1.807, 2.05) is 0 Å². The molecule has 0 saturated carbocycles. The summed E-state index contributed by atoms with van der Waals surface area (Å²) in [4.78, 5) is 10.6. The predicted molar refractivity (Wildman–Crippen MR) is 86.8 cm³/mol. The molecule has 1 atom stereocenters. The molecule has 2 rings (SSSR count). The Morgan fingerprint density at radius 2 is 2.00 bits per heavy atom. The van der Waals surface area contributed by atoms with E-state index in [2.05, 4.69) is 15.9 Å². The lowest BCUT2D eigenvalue weighted by molar-refractivity contribution is -0.384. The first kappa shape index (κ1) is 15.9. The zero-order chi connectivity index (χ0) is 15.6. The lowest BCUT2D eigenvalue weighted by atomic mass is 10.2. The van der Waals surface area contributed by atoms with Crippen molar-refractivity contribution in [2.45, 2.75) is 10.6 Å². The van der Waals surface area contributed by atoms with Gasteiger partial charge in [-0.2, -0.15) is 0 Å². The van der Waals surface area contributed by atoms with Crippen molar-refractivity contribution in [3.05, 3.63) is 61.6 Å². The maximum atomic E-state index is 12.3. The van der Waals surface area contributed by atoms with Crippen molar-refractivity contribution >= 4 is 49.7 Å². The summed E-state index contributed by atoms with van der Waals surface area (Å²) in [6, 6.07) is 9.19. The largest absolute Gasteiger partial charge is 0.398 e. The van der Waals surface area contributed by atoms with Gasteiger partial charge in [0.2, 0.25) is 0 Å². The monoisotopic (exact) mass is 388 g/mol. The molecule has 0 aliphatic rings. The van der Waals surface area contributed by atoms with Crippen molar-refractivity contribution in [2.24, 2.45) is 0 Å². The van der Waals surface area contributed by atoms with Gasteiger partial charge in [0.1, 0.15) is 0 Å². The molecule has 0 radical (unpaired) electrons. The van der Waals surface area contributed by atoms with Gasteiger partial charge >= 0.3 is 0 Å². The zero-order valence-corrected chi connectivity index (χ0v) is 13.7. The van der Waals surface area contributed by atoms with Crippen LogP contribution >= 0.6 is 27.5 Å². The fourth-order valence-electron chi connectivity index (χ4n) is 1.71. The van der Waals surface area contributed by atoms with Crippen molar-refractivity contribution in [3.63, 3.8) is 0 Å². The second-order valence-corrected chi connectivity index (χ2v) is 6.95. The first-order valence-electron chi connectivity index (χ1n) is 5.74. The summed E-state index contributed by atoms with van der Waals surface area (Å²) >= 11 is 9.27. The fourth-order valence-corrected chi connectivity index (χ4v) is 3.64. The molecule has 0 saturated heterocycles. The molecule has 0 bridgehead atoms. The van der Waals surface area contributed by atoms with Crippen molar-refractivity contribution < 1.29 is 9.13 Å². The summed E-state index contributed by atoms with van der Waals surface area (Å²) in [6.45, 7) is 0. The van der Waals surface area contributed by atoms with Gasteiger partial charge in [-0.1, -0.05) is 27.5 Å². The minimum absolute atomic E-state index is 0.0994. The molecule has 2 aromatic carbocycles. The van der Waals surface area contributed by atoms with Crippen LogP contribution in [0.4, 0.5) is 11.4 Å². The van der Waals surface area contributed by atoms with Crippen LogP contribution in [0.2, 0.25) is 5.02 Å². The quantitative estimate of drug-likeness (QED) is 0.488. The highest BCUT2D eigenvalue weighted by molar-refractivity contribution is 9.10. The maximum Gasteiger partial charge on any atom is 0.270 e. The van der Waals surface area contributed by atoms with Crippen LogP contribution in [0.5, 0.6) is 0 Å². The van der Waals surface area contributed by atoms with Crippen LogP contribution in [0.3, 0.4) is 0 Å². The number of anilines is 1. The van der Waals surface area contributed by atoms with E-state index in [9.17, 15) is 14.3 Å². The first-order chi connectivity index (χ1) is 9.88. The molecule has 2 aromatic rings. The van der Waals surface area contributed by atoms with Crippen LogP contribution in [-0.2, 0) is 16.6 Å². The molecule has 0 aliphatic carbocycles. The summed E-state index contributed by atoms with van der Waals surface area (Å²) in [6.07, 6.45) is 0. The lowest BCUT2D eigenvalue weighted by Crippen LogP contribution is -2.01. The van der Waals surface area contributed by atoms with E-state index < -0.39 is 15.7 Å². The number of nitro groups is 1. The van der Waals surface area contributed by atoms with Crippen molar-refractivity contribution in [1.29, 1.82) is 0 Å². The number of nitrogen functional groups attached to an aromatic ring is 1. The molecule has 0 aliphatic heterocycles. The molecule has 0 heterocycles. The number of nitrogens with two attached hydrogens (primary N) is 1. The summed E-state index contributed by atoms with van der Waals surface area (Å²) in [5.41, 5.74) is 6.72. The van der Waals surface area contributed by atoms with E-state index in [0.717, 1.165) is 4.47 Å². The van der Waals surface area contributed by atoms with Crippen LogP contribution in [0.15, 0.2) is 45.8 Å². The van der Waals surface area contributed by atoms with E-state index in [1.54, 1.807) is 18.2 Å². The van der Waals surface area contributed by atoms with E-state index in [-0.39, 0.29) is 16.5 Å². The molecule has 0 amide bonds. The average molecular weight is 390 g/mol. The summed E-state index contributed by atoms with van der Waals surface area (Å²) in [5, 5.41) is 10.9. The molecular weight excluding hydrogens is 380 g/mol. The third-order valence-electron chi connectivity index (χ3n) is 2.75. The maximum absolute atomic E-state index is 12.3. The smallest absolute Gasteiger partial charge is 0.270 e. The van der Waals surface area contributed by atoms with Crippen LogP contribution in [0, 0.1) is 10.1 Å². The first-order valence-corrected chi connectivity index (χ1v) is 8.23. The summed E-state index contributed by atoms with van der Waals surface area (Å²) < 4.78 is 13.1. The second kappa shape index (κ2) is 6.55. The van der Waals surface area contributed by atoms with Crippen LogP contribution in [0.1, 0.15) is 5.56 Å². The van der Waals surface area contributed by atoms with Crippen LogP contribution < -0.4 is 5.73 Å². The second-order valence-electron chi connectivity index (χ2n) is 4.20. The highest BCUT2D eigenvalue weighted by atomic mass is 79.9. The van der Waals surface area contributed by atoms with Crippen molar-refractivity contribution in [3.8, 4) is 0 Å². The Morgan fingerprint density at radius 3 is 2.57 bits per heavy atom. The number of rotatable bonds is 4. The van der Waals surface area contributed by atoms with E-state index in [4.69, 9.17) is 17.3 Å². The molecule has 1 unspecified atom stereocenters. The molecule has 0 aromatic heterocycles. The average Bonchev–Trinajstić information content (AvgIpc) is 2.40. The minimum atomic E-state index is -1.38. The van der Waals surface area contributed by atoms with E-state index >= 15 is 0 Å². The minimum Gasteiger partial charge on any atom is -0.398 e. The zero-order valence-electron chi connectivity index (χ0n) is 10.6. The normalized spacial score (nSPS) is 12.1. The number of hydrogen-bond acceptors (Lipinski definition) is 4. The predicted octanol–water partition coefficient (Wildman–Crippen LogP) is 3.90. The number of benzene rings is 2. The van der Waals surface area contributed by atoms with E-state index in [1.165, 1.54) is 18.2 Å². The number of halogens is 2. The van der Waals surface area contributed by atoms with Gasteiger partial charge in [-0.3, -0.25) is 14.3 Å². The van der Waals surface area contributed by atoms with Gasteiger partial charge in [0, 0.05) is 22.3 Å². The molecule has 21 heavy (non-hydrogen) atoms. The highest BCUT2D eigenvalue weighted by Gasteiger charge is 2.14. The van der Waals surface area contributed by atoms with Crippen LogP contribution in [-0.4, -0.2) is 9.13 Å². The van der Waals surface area contributed by atoms with Gasteiger partial charge in [0.05, 0.1) is 31.4 Å². The fraction of sp³-hybridized carbons (Fsp3) is 0.0769. The Kier molecular flexibility index (Phi) is 4.97. The molecule has 0 spiro atoms. The molecule has 110 valence electrons. The number of hydrogen-bond donors (Lipinski definition) is 1. The number of nitrogens with zero attached hydrogens (tertiary/aromatic N) is 1. The van der Waals surface area contributed by atoms with Gasteiger partial charge in [0.15, 0.2) is 0 Å².